The van der Waals surface area contributed by atoms with E-state index in [2.05, 4.69) is 5.32 Å². The standard InChI is InChI=1S/C31H36N2O4/c1-36-28-19-11-14-25(20-28)22-33(30(34)23-37-27-17-9-4-10-18-27)29(21-24-12-5-2-6-13-24)31(35)32-26-15-7-3-8-16-26/h2,4-6,9-14,17-20,26,29H,3,7-8,15-16,21-23H2,1H3,(H,32,35)/t29-/m0/s1. The van der Waals surface area contributed by atoms with E-state index in [1.165, 1.54) is 6.42 Å². The Kier molecular flexibility index (Phi) is 9.58. The van der Waals surface area contributed by atoms with Crippen LogP contribution in [-0.2, 0) is 22.6 Å². The van der Waals surface area contributed by atoms with Crippen LogP contribution in [0.15, 0.2) is 84.9 Å². The van der Waals surface area contributed by atoms with Gasteiger partial charge in [-0.3, -0.25) is 9.59 Å². The average molecular weight is 501 g/mol. The maximum atomic E-state index is 13.8. The summed E-state index contributed by atoms with van der Waals surface area (Å²) in [5.74, 6) is 0.957. The zero-order valence-corrected chi connectivity index (χ0v) is 21.5. The Balaban J connectivity index is 1.61. The molecule has 0 aromatic heterocycles. The highest BCUT2D eigenvalue weighted by molar-refractivity contribution is 5.88. The van der Waals surface area contributed by atoms with E-state index in [9.17, 15) is 9.59 Å². The molecule has 3 aromatic rings. The number of rotatable bonds is 11. The third-order valence-corrected chi connectivity index (χ3v) is 6.82. The molecule has 0 unspecified atom stereocenters. The minimum Gasteiger partial charge on any atom is -0.497 e. The molecule has 4 rings (SSSR count). The second-order valence-corrected chi connectivity index (χ2v) is 9.52. The summed E-state index contributed by atoms with van der Waals surface area (Å²) in [6.07, 6.45) is 5.81. The van der Waals surface area contributed by atoms with Crippen molar-refractivity contribution in [2.24, 2.45) is 0 Å². The second-order valence-electron chi connectivity index (χ2n) is 9.52. The fourth-order valence-corrected chi connectivity index (χ4v) is 4.81. The number of carbonyl (C=O) groups is 2. The van der Waals surface area contributed by atoms with Gasteiger partial charge in [-0.15, -0.1) is 0 Å². The average Bonchev–Trinajstić information content (AvgIpc) is 2.95. The number of hydrogen-bond donors (Lipinski definition) is 1. The molecule has 0 aliphatic heterocycles. The number of ether oxygens (including phenoxy) is 2. The monoisotopic (exact) mass is 500 g/mol. The van der Waals surface area contributed by atoms with E-state index in [-0.39, 0.29) is 31.0 Å². The van der Waals surface area contributed by atoms with Crippen LogP contribution >= 0.6 is 0 Å². The summed E-state index contributed by atoms with van der Waals surface area (Å²) in [4.78, 5) is 29.1. The molecule has 1 atom stereocenters. The molecule has 1 saturated carbocycles. The first-order valence-electron chi connectivity index (χ1n) is 13.1. The fourth-order valence-electron chi connectivity index (χ4n) is 4.81. The van der Waals surface area contributed by atoms with Crippen LogP contribution in [0, 0.1) is 0 Å². The van der Waals surface area contributed by atoms with Crippen LogP contribution in [-0.4, -0.2) is 42.5 Å². The van der Waals surface area contributed by atoms with Crippen molar-refractivity contribution in [2.75, 3.05) is 13.7 Å². The zero-order chi connectivity index (χ0) is 25.9. The number of methoxy groups -OCH3 is 1. The molecule has 0 radical (unpaired) electrons. The number of hydrogen-bond acceptors (Lipinski definition) is 4. The summed E-state index contributed by atoms with van der Waals surface area (Å²) in [5, 5.41) is 3.26. The first kappa shape index (κ1) is 26.3. The third-order valence-electron chi connectivity index (χ3n) is 6.82. The molecule has 1 aliphatic rings. The Labute approximate surface area is 219 Å². The molecule has 2 amide bonds. The predicted molar refractivity (Wildman–Crippen MR) is 144 cm³/mol. The van der Waals surface area contributed by atoms with Gasteiger partial charge in [0.2, 0.25) is 5.91 Å². The highest BCUT2D eigenvalue weighted by Gasteiger charge is 2.32. The Morgan fingerprint density at radius 3 is 2.22 bits per heavy atom. The molecule has 1 aliphatic carbocycles. The van der Waals surface area contributed by atoms with Crippen molar-refractivity contribution >= 4 is 11.8 Å². The van der Waals surface area contributed by atoms with Gasteiger partial charge < -0.3 is 19.7 Å². The fraction of sp³-hybridized carbons (Fsp3) is 0.355. The maximum Gasteiger partial charge on any atom is 0.261 e. The van der Waals surface area contributed by atoms with Crippen LogP contribution in [0.3, 0.4) is 0 Å². The van der Waals surface area contributed by atoms with Crippen LogP contribution in [0.25, 0.3) is 0 Å². The van der Waals surface area contributed by atoms with Gasteiger partial charge in [-0.2, -0.15) is 0 Å². The highest BCUT2D eigenvalue weighted by Crippen LogP contribution is 2.21. The van der Waals surface area contributed by atoms with Gasteiger partial charge in [0.1, 0.15) is 17.5 Å². The van der Waals surface area contributed by atoms with Crippen LogP contribution in [0.4, 0.5) is 0 Å². The van der Waals surface area contributed by atoms with Crippen molar-refractivity contribution in [3.63, 3.8) is 0 Å². The third kappa shape index (κ3) is 7.84. The lowest BCUT2D eigenvalue weighted by molar-refractivity contribution is -0.143. The first-order chi connectivity index (χ1) is 18.1. The molecule has 194 valence electrons. The van der Waals surface area contributed by atoms with E-state index in [1.807, 2.05) is 84.9 Å². The van der Waals surface area contributed by atoms with Crippen molar-refractivity contribution in [3.05, 3.63) is 96.1 Å². The first-order valence-corrected chi connectivity index (χ1v) is 13.1. The van der Waals surface area contributed by atoms with Crippen molar-refractivity contribution in [1.82, 2.24) is 10.2 Å². The maximum absolute atomic E-state index is 13.8. The van der Waals surface area contributed by atoms with Crippen LogP contribution < -0.4 is 14.8 Å². The SMILES string of the molecule is COc1cccc(CN(C(=O)COc2ccccc2)[C@@H](Cc2ccccc2)C(=O)NC2CCCCC2)c1. The predicted octanol–water partition coefficient (Wildman–Crippen LogP) is 5.16. The molecule has 6 nitrogen and oxygen atoms in total. The smallest absolute Gasteiger partial charge is 0.261 e. The van der Waals surface area contributed by atoms with Crippen LogP contribution in [0.1, 0.15) is 43.2 Å². The summed E-state index contributed by atoms with van der Waals surface area (Å²) in [6, 6.07) is 26.2. The number of carbonyl (C=O) groups excluding carboxylic acids is 2. The molecule has 0 spiro atoms. The minimum atomic E-state index is -0.678. The molecule has 37 heavy (non-hydrogen) atoms. The van der Waals surface area contributed by atoms with E-state index < -0.39 is 6.04 Å². The van der Waals surface area contributed by atoms with Gasteiger partial charge in [0.15, 0.2) is 6.61 Å². The molecular weight excluding hydrogens is 464 g/mol. The van der Waals surface area contributed by atoms with Crippen LogP contribution in [0.2, 0.25) is 0 Å². The summed E-state index contributed by atoms with van der Waals surface area (Å²) in [7, 11) is 1.62. The summed E-state index contributed by atoms with van der Waals surface area (Å²) >= 11 is 0. The summed E-state index contributed by atoms with van der Waals surface area (Å²) in [6.45, 7) is 0.111. The van der Waals surface area contributed by atoms with Gasteiger partial charge in [0, 0.05) is 19.0 Å². The molecule has 6 heteroatoms. The molecule has 1 fully saturated rings. The van der Waals surface area contributed by atoms with Crippen molar-refractivity contribution in [3.8, 4) is 11.5 Å². The Bertz CT molecular complexity index is 1130. The van der Waals surface area contributed by atoms with Crippen molar-refractivity contribution < 1.29 is 19.1 Å². The Hall–Kier alpha value is -3.80. The van der Waals surface area contributed by atoms with Gasteiger partial charge in [-0.1, -0.05) is 79.9 Å². The van der Waals surface area contributed by atoms with Gasteiger partial charge in [0.05, 0.1) is 7.11 Å². The molecule has 0 saturated heterocycles. The Morgan fingerprint density at radius 1 is 0.865 bits per heavy atom. The van der Waals surface area contributed by atoms with Gasteiger partial charge >= 0.3 is 0 Å². The van der Waals surface area contributed by atoms with E-state index in [0.717, 1.165) is 36.8 Å². The lowest BCUT2D eigenvalue weighted by Gasteiger charge is -2.33. The quantitative estimate of drug-likeness (QED) is 0.395. The topological polar surface area (TPSA) is 67.9 Å². The lowest BCUT2D eigenvalue weighted by atomic mass is 9.94. The number of nitrogens with one attached hydrogen (secondary N) is 1. The lowest BCUT2D eigenvalue weighted by Crippen LogP contribution is -2.53. The number of benzene rings is 3. The minimum absolute atomic E-state index is 0.119. The normalized spacial score (nSPS) is 14.4. The summed E-state index contributed by atoms with van der Waals surface area (Å²) in [5.41, 5.74) is 1.88. The Morgan fingerprint density at radius 2 is 1.51 bits per heavy atom. The molecule has 3 aromatic carbocycles. The van der Waals surface area contributed by atoms with Gasteiger partial charge in [-0.25, -0.2) is 0 Å². The summed E-state index contributed by atoms with van der Waals surface area (Å²) < 4.78 is 11.2. The van der Waals surface area contributed by atoms with E-state index in [1.54, 1.807) is 12.0 Å². The van der Waals surface area contributed by atoms with Gasteiger partial charge in [-0.05, 0) is 48.2 Å². The van der Waals surface area contributed by atoms with E-state index >= 15 is 0 Å². The van der Waals surface area contributed by atoms with Gasteiger partial charge in [0.25, 0.3) is 5.91 Å². The van der Waals surface area contributed by atoms with Crippen molar-refractivity contribution in [2.45, 2.75) is 57.2 Å². The zero-order valence-electron chi connectivity index (χ0n) is 21.5. The highest BCUT2D eigenvalue weighted by atomic mass is 16.5. The molecule has 1 N–H and O–H groups in total. The molecule has 0 bridgehead atoms. The number of amides is 2. The van der Waals surface area contributed by atoms with Crippen molar-refractivity contribution in [1.29, 1.82) is 0 Å². The number of para-hydroxylation sites is 1. The second kappa shape index (κ2) is 13.5. The van der Waals surface area contributed by atoms with Crippen LogP contribution in [0.5, 0.6) is 11.5 Å². The number of nitrogens with zero attached hydrogens (tertiary/aromatic N) is 1. The van der Waals surface area contributed by atoms with E-state index in [0.29, 0.717) is 17.9 Å². The van der Waals surface area contributed by atoms with E-state index in [4.69, 9.17) is 9.47 Å². The molecule has 0 heterocycles. The largest absolute Gasteiger partial charge is 0.497 e. The molecular formula is C31H36N2O4.